The maximum absolute atomic E-state index is 12.0. The lowest BCUT2D eigenvalue weighted by atomic mass is 10.0. The van der Waals surface area contributed by atoms with Crippen LogP contribution < -0.4 is 9.47 Å². The Bertz CT molecular complexity index is 678. The van der Waals surface area contributed by atoms with E-state index in [1.165, 1.54) is 14.2 Å². The number of phenolic OH excluding ortho intramolecular Hbond substituents is 2. The van der Waals surface area contributed by atoms with Crippen molar-refractivity contribution in [1.29, 1.82) is 0 Å². The summed E-state index contributed by atoms with van der Waals surface area (Å²) in [5.41, 5.74) is 2.09. The Balaban J connectivity index is 1.71. The third-order valence-electron chi connectivity index (χ3n) is 4.33. The molecule has 0 aromatic heterocycles. The zero-order chi connectivity index (χ0) is 18.9. The van der Waals surface area contributed by atoms with E-state index in [0.717, 1.165) is 36.8 Å². The van der Waals surface area contributed by atoms with Crippen LogP contribution in [0.2, 0.25) is 0 Å². The molecule has 0 saturated carbocycles. The molecule has 0 amide bonds. The number of Topliss-reactive ketones (excluding diaryl/α,β-unsaturated/α-hetero) is 1. The van der Waals surface area contributed by atoms with Crippen LogP contribution >= 0.6 is 0 Å². The number of phenols is 2. The number of ketones is 1. The Morgan fingerprint density at radius 2 is 1.23 bits per heavy atom. The van der Waals surface area contributed by atoms with Crippen molar-refractivity contribution in [3.8, 4) is 23.0 Å². The van der Waals surface area contributed by atoms with Crippen molar-refractivity contribution in [1.82, 2.24) is 0 Å². The Kier molecular flexibility index (Phi) is 7.33. The Morgan fingerprint density at radius 1 is 0.808 bits per heavy atom. The summed E-state index contributed by atoms with van der Waals surface area (Å²) in [5.74, 6) is 1.41. The molecule has 2 N–H and O–H groups in total. The third-order valence-corrected chi connectivity index (χ3v) is 4.33. The minimum Gasteiger partial charge on any atom is -0.504 e. The highest BCUT2D eigenvalue weighted by Gasteiger charge is 2.07. The van der Waals surface area contributed by atoms with Gasteiger partial charge in [-0.1, -0.05) is 12.1 Å². The minimum atomic E-state index is 0.123. The first-order valence-electron chi connectivity index (χ1n) is 8.77. The summed E-state index contributed by atoms with van der Waals surface area (Å²) >= 11 is 0. The summed E-state index contributed by atoms with van der Waals surface area (Å²) < 4.78 is 10.2. The topological polar surface area (TPSA) is 76.0 Å². The highest BCUT2D eigenvalue weighted by atomic mass is 16.5. The van der Waals surface area contributed by atoms with Crippen molar-refractivity contribution in [2.75, 3.05) is 14.2 Å². The van der Waals surface area contributed by atoms with Crippen molar-refractivity contribution < 1.29 is 24.5 Å². The number of carbonyl (C=O) groups is 1. The van der Waals surface area contributed by atoms with Gasteiger partial charge in [0.2, 0.25) is 0 Å². The number of ether oxygens (including phenoxy) is 2. The molecule has 0 bridgehead atoms. The lowest BCUT2D eigenvalue weighted by Gasteiger charge is -2.07. The Hall–Kier alpha value is -2.69. The smallest absolute Gasteiger partial charge is 0.160 e. The van der Waals surface area contributed by atoms with E-state index in [2.05, 4.69) is 0 Å². The minimum absolute atomic E-state index is 0.123. The zero-order valence-corrected chi connectivity index (χ0v) is 15.3. The quantitative estimate of drug-likeness (QED) is 0.671. The van der Waals surface area contributed by atoms with Crippen molar-refractivity contribution >= 4 is 5.78 Å². The first-order chi connectivity index (χ1) is 12.5. The summed E-state index contributed by atoms with van der Waals surface area (Å²) in [6.07, 6.45) is 4.19. The van der Waals surface area contributed by atoms with Crippen LogP contribution in [0.5, 0.6) is 23.0 Å². The molecule has 2 aromatic rings. The van der Waals surface area contributed by atoms with Crippen LogP contribution in [0.15, 0.2) is 36.4 Å². The number of methoxy groups -OCH3 is 2. The lowest BCUT2D eigenvalue weighted by molar-refractivity contribution is -0.119. The highest BCUT2D eigenvalue weighted by Crippen LogP contribution is 2.28. The van der Waals surface area contributed by atoms with Gasteiger partial charge in [-0.25, -0.2) is 0 Å². The average molecular weight is 358 g/mol. The van der Waals surface area contributed by atoms with Gasteiger partial charge in [0, 0.05) is 12.8 Å². The van der Waals surface area contributed by atoms with Gasteiger partial charge in [-0.2, -0.15) is 0 Å². The van der Waals surface area contributed by atoms with E-state index in [1.54, 1.807) is 24.3 Å². The molecule has 0 heterocycles. The van der Waals surface area contributed by atoms with Crippen LogP contribution in [0.1, 0.15) is 36.8 Å². The second-order valence-electron chi connectivity index (χ2n) is 6.26. The van der Waals surface area contributed by atoms with Gasteiger partial charge in [0.25, 0.3) is 0 Å². The maximum Gasteiger partial charge on any atom is 0.160 e. The third kappa shape index (κ3) is 5.69. The van der Waals surface area contributed by atoms with Crippen molar-refractivity contribution in [2.45, 2.75) is 38.5 Å². The van der Waals surface area contributed by atoms with E-state index < -0.39 is 0 Å². The van der Waals surface area contributed by atoms with Gasteiger partial charge in [-0.15, -0.1) is 0 Å². The van der Waals surface area contributed by atoms with Gasteiger partial charge >= 0.3 is 0 Å². The van der Waals surface area contributed by atoms with Crippen LogP contribution in [0, 0.1) is 0 Å². The fraction of sp³-hybridized carbons (Fsp3) is 0.381. The van der Waals surface area contributed by atoms with Crippen LogP contribution in [-0.4, -0.2) is 30.2 Å². The zero-order valence-electron chi connectivity index (χ0n) is 15.3. The Labute approximate surface area is 154 Å². The van der Waals surface area contributed by atoms with Crippen LogP contribution in [0.25, 0.3) is 0 Å². The fourth-order valence-corrected chi connectivity index (χ4v) is 2.86. The second kappa shape index (κ2) is 9.70. The molecule has 26 heavy (non-hydrogen) atoms. The molecular weight excluding hydrogens is 332 g/mol. The monoisotopic (exact) mass is 358 g/mol. The maximum atomic E-state index is 12.0. The van der Waals surface area contributed by atoms with Gasteiger partial charge < -0.3 is 19.7 Å². The molecule has 2 aromatic carbocycles. The lowest BCUT2D eigenvalue weighted by Crippen LogP contribution is -2.00. The normalized spacial score (nSPS) is 10.5. The van der Waals surface area contributed by atoms with Gasteiger partial charge in [0.15, 0.2) is 23.0 Å². The SMILES string of the molecule is COc1cc(CCCC(=O)CCCc2ccc(O)c(OC)c2)ccc1O. The molecule has 0 fully saturated rings. The number of aromatic hydroxyl groups is 2. The molecule has 0 aliphatic heterocycles. The van der Waals surface area contributed by atoms with Crippen molar-refractivity contribution in [2.24, 2.45) is 0 Å². The van der Waals surface area contributed by atoms with Gasteiger partial charge in [0.05, 0.1) is 14.2 Å². The van der Waals surface area contributed by atoms with Crippen LogP contribution in [0.4, 0.5) is 0 Å². The molecule has 5 heteroatoms. The number of aryl methyl sites for hydroxylation is 2. The largest absolute Gasteiger partial charge is 0.504 e. The van der Waals surface area contributed by atoms with Crippen LogP contribution in [-0.2, 0) is 17.6 Å². The number of rotatable bonds is 10. The molecule has 0 aliphatic carbocycles. The fourth-order valence-electron chi connectivity index (χ4n) is 2.86. The molecule has 2 rings (SSSR count). The van der Waals surface area contributed by atoms with E-state index in [-0.39, 0.29) is 17.3 Å². The number of carbonyl (C=O) groups excluding carboxylic acids is 1. The highest BCUT2D eigenvalue weighted by molar-refractivity contribution is 5.78. The van der Waals surface area contributed by atoms with E-state index in [9.17, 15) is 15.0 Å². The average Bonchev–Trinajstić information content (AvgIpc) is 2.64. The molecule has 0 radical (unpaired) electrons. The summed E-state index contributed by atoms with van der Waals surface area (Å²) in [6, 6.07) is 10.5. The van der Waals surface area contributed by atoms with E-state index in [1.807, 2.05) is 12.1 Å². The van der Waals surface area contributed by atoms with Crippen molar-refractivity contribution in [3.63, 3.8) is 0 Å². The summed E-state index contributed by atoms with van der Waals surface area (Å²) in [4.78, 5) is 12.0. The first-order valence-corrected chi connectivity index (χ1v) is 8.77. The summed E-state index contributed by atoms with van der Waals surface area (Å²) in [5, 5.41) is 19.2. The number of hydrogen-bond donors (Lipinski definition) is 2. The van der Waals surface area contributed by atoms with E-state index in [4.69, 9.17) is 9.47 Å². The van der Waals surface area contributed by atoms with Gasteiger partial charge in [-0.3, -0.25) is 4.79 Å². The summed E-state index contributed by atoms with van der Waals surface area (Å²) in [7, 11) is 3.04. The Morgan fingerprint density at radius 3 is 1.62 bits per heavy atom. The van der Waals surface area contributed by atoms with Gasteiger partial charge in [-0.05, 0) is 61.1 Å². The predicted molar refractivity (Wildman–Crippen MR) is 100 cm³/mol. The number of hydrogen-bond acceptors (Lipinski definition) is 5. The van der Waals surface area contributed by atoms with Crippen molar-refractivity contribution in [3.05, 3.63) is 47.5 Å². The molecule has 0 spiro atoms. The molecular formula is C21H26O5. The molecule has 140 valence electrons. The standard InChI is InChI=1S/C21H26O5/c1-25-20-13-15(9-11-18(20)23)5-3-7-17(22)8-4-6-16-10-12-19(24)21(14-16)26-2/h9-14,23-24H,3-8H2,1-2H3. The molecule has 5 nitrogen and oxygen atoms in total. The molecule has 0 aliphatic rings. The molecule has 0 unspecified atom stereocenters. The number of benzene rings is 2. The summed E-state index contributed by atoms with van der Waals surface area (Å²) in [6.45, 7) is 0. The predicted octanol–water partition coefficient (Wildman–Crippen LogP) is 4.03. The van der Waals surface area contributed by atoms with Gasteiger partial charge in [0.1, 0.15) is 5.78 Å². The molecule has 0 atom stereocenters. The van der Waals surface area contributed by atoms with E-state index >= 15 is 0 Å². The van der Waals surface area contributed by atoms with E-state index in [0.29, 0.717) is 24.3 Å². The second-order valence-corrected chi connectivity index (χ2v) is 6.26. The molecule has 0 saturated heterocycles. The first kappa shape index (κ1) is 19.6. The van der Waals surface area contributed by atoms with Crippen LogP contribution in [0.3, 0.4) is 0 Å².